The maximum absolute atomic E-state index is 12.9. The van der Waals surface area contributed by atoms with Gasteiger partial charge in [0.1, 0.15) is 9.79 Å². The molecule has 0 bridgehead atoms. The van der Waals surface area contributed by atoms with Crippen LogP contribution in [-0.4, -0.2) is 51.9 Å². The Morgan fingerprint density at radius 2 is 1.08 bits per heavy atom. The van der Waals surface area contributed by atoms with Gasteiger partial charge in [-0.05, 0) is 119 Å². The first-order valence-electron chi connectivity index (χ1n) is 15.6. The molecule has 0 spiro atoms. The number of hydrogen-bond donors (Lipinski definition) is 4. The van der Waals surface area contributed by atoms with E-state index in [0.717, 1.165) is 12.1 Å². The van der Waals surface area contributed by atoms with Crippen molar-refractivity contribution < 1.29 is 51.9 Å². The Bertz CT molecular complexity index is 2870. The van der Waals surface area contributed by atoms with Crippen LogP contribution in [0, 0.1) is 27.7 Å². The fourth-order valence-electron chi connectivity index (χ4n) is 6.33. The molecule has 53 heavy (non-hydrogen) atoms. The fraction of sp³-hybridized carbons (Fsp3) is 0.135. The molecule has 0 aliphatic rings. The van der Waals surface area contributed by atoms with E-state index in [0.29, 0.717) is 32.7 Å². The zero-order chi connectivity index (χ0) is 39.3. The van der Waals surface area contributed by atoms with Crippen molar-refractivity contribution in [3.8, 4) is 0 Å². The van der Waals surface area contributed by atoms with Gasteiger partial charge < -0.3 is 0 Å². The first-order chi connectivity index (χ1) is 24.4. The van der Waals surface area contributed by atoms with E-state index < -0.39 is 55.2 Å². The highest BCUT2D eigenvalue weighted by molar-refractivity contribution is 7.86. The summed E-state index contributed by atoms with van der Waals surface area (Å²) in [4.78, 5) is -1.87. The van der Waals surface area contributed by atoms with Gasteiger partial charge in [-0.15, -0.1) is 0 Å². The topological polar surface area (TPSA) is 217 Å². The number of hydrogen-bond acceptors (Lipinski definition) is 8. The van der Waals surface area contributed by atoms with Crippen molar-refractivity contribution in [1.82, 2.24) is 0 Å². The van der Waals surface area contributed by atoms with Gasteiger partial charge in [0.05, 0.1) is 9.79 Å². The van der Waals surface area contributed by atoms with Crippen molar-refractivity contribution in [2.45, 2.75) is 53.7 Å². The summed E-state index contributed by atoms with van der Waals surface area (Å²) in [7, 11) is -19.2. The average Bonchev–Trinajstić information content (AvgIpc) is 3.03. The van der Waals surface area contributed by atoms with E-state index in [9.17, 15) is 51.9 Å². The molecule has 0 heterocycles. The first kappa shape index (κ1) is 39.7. The Balaban J connectivity index is 1.81. The molecule has 16 heteroatoms. The van der Waals surface area contributed by atoms with Crippen molar-refractivity contribution >= 4 is 52.1 Å². The predicted molar refractivity (Wildman–Crippen MR) is 198 cm³/mol. The van der Waals surface area contributed by atoms with Gasteiger partial charge >= 0.3 is 0 Å². The molecule has 12 nitrogen and oxygen atoms in total. The van der Waals surface area contributed by atoms with Crippen molar-refractivity contribution in [3.63, 3.8) is 0 Å². The normalized spacial score (nSPS) is 12.5. The Morgan fingerprint density at radius 3 is 1.64 bits per heavy atom. The zero-order valence-corrected chi connectivity index (χ0v) is 31.9. The molecule has 5 rings (SSSR count). The van der Waals surface area contributed by atoms with Crippen molar-refractivity contribution in [1.29, 1.82) is 0 Å². The summed E-state index contributed by atoms with van der Waals surface area (Å²) in [5, 5.41) is 0.788. The van der Waals surface area contributed by atoms with E-state index in [1.807, 2.05) is 0 Å². The minimum absolute atomic E-state index is 0.0353. The highest BCUT2D eigenvalue weighted by atomic mass is 32.2. The average molecular weight is 799 g/mol. The highest BCUT2D eigenvalue weighted by Crippen LogP contribution is 2.32. The second kappa shape index (κ2) is 14.4. The zero-order valence-electron chi connectivity index (χ0n) is 28.6. The number of rotatable bonds is 9. The standard InChI is InChI=1S/C37H34O12S4/c1-22-15-24(3)31(35(17-22)52(44,45)46)19-26-9-11-27(12-10-26)37(30-7-5-6-8-33(30)50(38,39)40)29-14-13-28(34(21-29)51(41,42)43)20-32-25(4)16-23(2)18-36(32)53(47,48)49/h5-19,21H,20H2,1-4H3,(H,38,39,40)(H,41,42,43)(H,44,45,46)(H,47,48,49). The van der Waals surface area contributed by atoms with Crippen LogP contribution < -0.4 is 10.4 Å². The molecule has 278 valence electrons. The summed E-state index contributed by atoms with van der Waals surface area (Å²) >= 11 is 0. The van der Waals surface area contributed by atoms with Gasteiger partial charge in [0, 0.05) is 12.0 Å². The van der Waals surface area contributed by atoms with Gasteiger partial charge in [-0.2, -0.15) is 33.7 Å². The van der Waals surface area contributed by atoms with Gasteiger partial charge in [0.15, 0.2) is 0 Å². The smallest absolute Gasteiger partial charge is 0.282 e. The highest BCUT2D eigenvalue weighted by Gasteiger charge is 2.25. The lowest BCUT2D eigenvalue weighted by Gasteiger charge is -2.17. The van der Waals surface area contributed by atoms with Crippen LogP contribution >= 0.6 is 0 Å². The third-order valence-corrected chi connectivity index (χ3v) is 12.2. The quantitative estimate of drug-likeness (QED) is 0.151. The Hall–Kier alpha value is -4.52. The summed E-state index contributed by atoms with van der Waals surface area (Å²) in [5.74, 6) is 0. The second-order valence-corrected chi connectivity index (χ2v) is 18.1. The van der Waals surface area contributed by atoms with Gasteiger partial charge in [-0.1, -0.05) is 66.7 Å². The SMILES string of the molecule is Cc1cc(C)c(C=c2ccc(=C(c3ccc(Cc4c(C)cc(C)cc4S(=O)(=O)O)c(S(=O)(=O)O)c3)c3ccccc3S(=O)(=O)O)cc2)c(S(=O)(=O)O)c1. The molecule has 0 unspecified atom stereocenters. The van der Waals surface area contributed by atoms with Gasteiger partial charge in [0.25, 0.3) is 40.5 Å². The molecule has 0 fully saturated rings. The molecular formula is C37H34O12S4. The van der Waals surface area contributed by atoms with Crippen LogP contribution in [0.1, 0.15) is 50.1 Å². The minimum Gasteiger partial charge on any atom is -0.282 e. The lowest BCUT2D eigenvalue weighted by molar-refractivity contribution is 0.479. The maximum Gasteiger partial charge on any atom is 0.295 e. The maximum atomic E-state index is 12.9. The van der Waals surface area contributed by atoms with Crippen molar-refractivity contribution in [2.24, 2.45) is 0 Å². The summed E-state index contributed by atoms with van der Waals surface area (Å²) < 4.78 is 140. The summed E-state index contributed by atoms with van der Waals surface area (Å²) in [5.41, 5.74) is 2.57. The Kier molecular flexibility index (Phi) is 10.8. The number of aryl methyl sites for hydroxylation is 4. The first-order valence-corrected chi connectivity index (χ1v) is 21.4. The molecular weight excluding hydrogens is 765 g/mol. The molecule has 0 radical (unpaired) electrons. The third kappa shape index (κ3) is 8.83. The van der Waals surface area contributed by atoms with Crippen LogP contribution in [0.3, 0.4) is 0 Å². The van der Waals surface area contributed by atoms with Crippen LogP contribution in [0.4, 0.5) is 0 Å². The van der Waals surface area contributed by atoms with E-state index in [4.69, 9.17) is 0 Å². The molecule has 5 aromatic carbocycles. The molecule has 0 saturated carbocycles. The molecule has 0 aliphatic carbocycles. The largest absolute Gasteiger partial charge is 0.295 e. The Labute approximate surface area is 307 Å². The van der Waals surface area contributed by atoms with E-state index in [1.165, 1.54) is 48.5 Å². The van der Waals surface area contributed by atoms with Crippen LogP contribution in [0.25, 0.3) is 11.6 Å². The van der Waals surface area contributed by atoms with Crippen molar-refractivity contribution in [2.75, 3.05) is 0 Å². The fourth-order valence-corrected chi connectivity index (χ4v) is 9.49. The summed E-state index contributed by atoms with van der Waals surface area (Å²) in [6.45, 7) is 6.57. The second-order valence-electron chi connectivity index (χ2n) is 12.6. The molecule has 0 saturated heterocycles. The minimum atomic E-state index is -5.01. The van der Waals surface area contributed by atoms with Crippen LogP contribution in [0.2, 0.25) is 0 Å². The summed E-state index contributed by atoms with van der Waals surface area (Å²) in [6, 6.07) is 21.5. The van der Waals surface area contributed by atoms with Crippen LogP contribution in [-0.2, 0) is 46.9 Å². The molecule has 0 aromatic heterocycles. The van der Waals surface area contributed by atoms with Crippen LogP contribution in [0.5, 0.6) is 0 Å². The lowest BCUT2D eigenvalue weighted by Crippen LogP contribution is -2.15. The lowest BCUT2D eigenvalue weighted by atomic mass is 9.92. The van der Waals surface area contributed by atoms with E-state index in [-0.39, 0.29) is 44.7 Å². The van der Waals surface area contributed by atoms with Gasteiger partial charge in [-0.3, -0.25) is 18.2 Å². The third-order valence-electron chi connectivity index (χ3n) is 8.57. The Morgan fingerprint density at radius 1 is 0.547 bits per heavy atom. The molecule has 0 aliphatic heterocycles. The monoisotopic (exact) mass is 798 g/mol. The molecule has 0 amide bonds. The predicted octanol–water partition coefficient (Wildman–Crippen LogP) is 4.57. The van der Waals surface area contributed by atoms with Gasteiger partial charge in [0.2, 0.25) is 0 Å². The van der Waals surface area contributed by atoms with Crippen LogP contribution in [0.15, 0.2) is 111 Å². The summed E-state index contributed by atoms with van der Waals surface area (Å²) in [6.07, 6.45) is 1.19. The van der Waals surface area contributed by atoms with E-state index in [1.54, 1.807) is 64.1 Å². The van der Waals surface area contributed by atoms with Gasteiger partial charge in [-0.25, -0.2) is 0 Å². The van der Waals surface area contributed by atoms with E-state index >= 15 is 0 Å². The molecule has 5 aromatic rings. The van der Waals surface area contributed by atoms with E-state index in [2.05, 4.69) is 0 Å². The molecule has 0 atom stereocenters. The van der Waals surface area contributed by atoms with Crippen molar-refractivity contribution in [3.05, 3.63) is 152 Å². The number of benzene rings is 5. The molecule has 4 N–H and O–H groups in total.